The Hall–Kier alpha value is -2.29. The number of benzene rings is 1. The predicted molar refractivity (Wildman–Crippen MR) is 59.9 cm³/mol. The van der Waals surface area contributed by atoms with Crippen LogP contribution in [0.4, 0.5) is 5.69 Å². The number of aromatic nitrogens is 2. The molecular formula is C11H12N3O5+. The van der Waals surface area contributed by atoms with E-state index in [0.717, 1.165) is 0 Å². The molecule has 2 N–H and O–H groups in total. The van der Waals surface area contributed by atoms with Gasteiger partial charge in [-0.3, -0.25) is 0 Å². The van der Waals surface area contributed by atoms with Gasteiger partial charge >= 0.3 is 11.9 Å². The fourth-order valence-corrected chi connectivity index (χ4v) is 1.31. The Morgan fingerprint density at radius 3 is 2.53 bits per heavy atom. The van der Waals surface area contributed by atoms with Gasteiger partial charge in [0.15, 0.2) is 5.69 Å². The normalized spacial score (nSPS) is 12.2. The predicted octanol–water partition coefficient (Wildman–Crippen LogP) is 0.0642. The molecule has 0 aliphatic carbocycles. The maximum absolute atomic E-state index is 11.6. The van der Waals surface area contributed by atoms with Gasteiger partial charge in [0.2, 0.25) is 5.89 Å². The lowest BCUT2D eigenvalue weighted by Crippen LogP contribution is -3.03. The molecule has 1 aromatic heterocycles. The van der Waals surface area contributed by atoms with Gasteiger partial charge in [-0.05, 0) is 17.4 Å². The minimum atomic E-state index is -0.742. The SMILES string of the molecule is CO[NH+](O)c1ccc(OC(=O)c2nnc(C)o2)cc1. The molecule has 2 aromatic rings. The maximum Gasteiger partial charge on any atom is 0.401 e. The van der Waals surface area contributed by atoms with Crippen molar-refractivity contribution in [3.8, 4) is 5.75 Å². The summed E-state index contributed by atoms with van der Waals surface area (Å²) in [5.74, 6) is -0.392. The highest BCUT2D eigenvalue weighted by Crippen LogP contribution is 2.14. The van der Waals surface area contributed by atoms with E-state index in [9.17, 15) is 10.0 Å². The van der Waals surface area contributed by atoms with Crippen LogP contribution in [0.3, 0.4) is 0 Å². The third-order valence-corrected chi connectivity index (χ3v) is 2.21. The second kappa shape index (κ2) is 5.57. The van der Waals surface area contributed by atoms with Crippen LogP contribution in [0.2, 0.25) is 0 Å². The number of aryl methyl sites for hydroxylation is 1. The molecule has 1 heterocycles. The lowest BCUT2D eigenvalue weighted by molar-refractivity contribution is -1.19. The van der Waals surface area contributed by atoms with Crippen LogP contribution < -0.4 is 9.96 Å². The molecule has 8 nitrogen and oxygen atoms in total. The second-order valence-corrected chi connectivity index (χ2v) is 3.55. The highest BCUT2D eigenvalue weighted by atomic mass is 16.9. The largest absolute Gasteiger partial charge is 0.419 e. The molecule has 0 amide bonds. The van der Waals surface area contributed by atoms with E-state index in [-0.39, 0.29) is 22.8 Å². The van der Waals surface area contributed by atoms with Gasteiger partial charge in [0, 0.05) is 19.1 Å². The molecule has 0 spiro atoms. The van der Waals surface area contributed by atoms with Crippen LogP contribution in [0.1, 0.15) is 16.6 Å². The number of nitrogens with one attached hydrogen (secondary N) is 1. The Balaban J connectivity index is 2.05. The van der Waals surface area contributed by atoms with E-state index in [2.05, 4.69) is 15.0 Å². The summed E-state index contributed by atoms with van der Waals surface area (Å²) in [7, 11) is 1.35. The fraction of sp³-hybridized carbons (Fsp3) is 0.182. The van der Waals surface area contributed by atoms with Crippen LogP contribution in [0.25, 0.3) is 0 Å². The van der Waals surface area contributed by atoms with Crippen LogP contribution in [0.15, 0.2) is 28.7 Å². The molecule has 0 bridgehead atoms. The van der Waals surface area contributed by atoms with Gasteiger partial charge in [0.25, 0.3) is 0 Å². The standard InChI is InChI=1S/C11H11N3O5/c1-7-12-13-10(18-7)11(15)19-9-5-3-8(4-6-9)14(16)17-2/h3-6,16H,1-2H3/p+1. The van der Waals surface area contributed by atoms with Gasteiger partial charge in [-0.2, -0.15) is 10.0 Å². The first-order valence-corrected chi connectivity index (χ1v) is 5.33. The van der Waals surface area contributed by atoms with Crippen LogP contribution in [0.5, 0.6) is 5.75 Å². The lowest BCUT2D eigenvalue weighted by atomic mass is 10.3. The van der Waals surface area contributed by atoms with E-state index in [1.807, 2.05) is 0 Å². The van der Waals surface area contributed by atoms with Crippen molar-refractivity contribution in [2.45, 2.75) is 6.92 Å². The zero-order chi connectivity index (χ0) is 13.8. The number of ether oxygens (including phenoxy) is 1. The molecule has 19 heavy (non-hydrogen) atoms. The van der Waals surface area contributed by atoms with Crippen molar-refractivity contribution in [1.29, 1.82) is 0 Å². The van der Waals surface area contributed by atoms with E-state index in [4.69, 9.17) is 9.15 Å². The minimum absolute atomic E-state index is 0.215. The van der Waals surface area contributed by atoms with Crippen molar-refractivity contribution in [3.63, 3.8) is 0 Å². The summed E-state index contributed by atoms with van der Waals surface area (Å²) in [5, 5.41) is 16.2. The number of esters is 1. The fourth-order valence-electron chi connectivity index (χ4n) is 1.31. The van der Waals surface area contributed by atoms with Crippen molar-refractivity contribution in [3.05, 3.63) is 36.0 Å². The molecule has 0 fully saturated rings. The Morgan fingerprint density at radius 2 is 2.00 bits per heavy atom. The zero-order valence-electron chi connectivity index (χ0n) is 10.3. The number of carbonyl (C=O) groups excluding carboxylic acids is 1. The minimum Gasteiger partial charge on any atom is -0.419 e. The highest BCUT2D eigenvalue weighted by Gasteiger charge is 2.16. The molecule has 0 saturated heterocycles. The van der Waals surface area contributed by atoms with Gasteiger partial charge in [-0.25, -0.2) is 4.79 Å². The van der Waals surface area contributed by atoms with Gasteiger partial charge < -0.3 is 9.15 Å². The molecule has 0 aliphatic rings. The first-order valence-electron chi connectivity index (χ1n) is 5.33. The smallest absolute Gasteiger partial charge is 0.401 e. The van der Waals surface area contributed by atoms with Crippen LogP contribution >= 0.6 is 0 Å². The van der Waals surface area contributed by atoms with Gasteiger partial charge in [0.05, 0.1) is 0 Å². The lowest BCUT2D eigenvalue weighted by Gasteiger charge is -2.06. The number of carbonyl (C=O) groups is 1. The number of rotatable bonds is 4. The van der Waals surface area contributed by atoms with Crippen LogP contribution in [-0.2, 0) is 4.84 Å². The Morgan fingerprint density at radius 1 is 1.32 bits per heavy atom. The van der Waals surface area contributed by atoms with Crippen molar-refractivity contribution in [2.24, 2.45) is 0 Å². The quantitative estimate of drug-likeness (QED) is 0.458. The average Bonchev–Trinajstić information content (AvgIpc) is 2.85. The maximum atomic E-state index is 11.6. The molecule has 0 saturated carbocycles. The topological polar surface area (TPSA) is 99.1 Å². The van der Waals surface area contributed by atoms with E-state index in [0.29, 0.717) is 5.69 Å². The zero-order valence-corrected chi connectivity index (χ0v) is 10.3. The van der Waals surface area contributed by atoms with Gasteiger partial charge in [-0.1, -0.05) is 0 Å². The summed E-state index contributed by atoms with van der Waals surface area (Å²) in [6, 6.07) is 6.10. The summed E-state index contributed by atoms with van der Waals surface area (Å²) in [4.78, 5) is 16.3. The average molecular weight is 266 g/mol. The molecule has 0 radical (unpaired) electrons. The van der Waals surface area contributed by atoms with Gasteiger partial charge in [-0.15, -0.1) is 10.2 Å². The third-order valence-electron chi connectivity index (χ3n) is 2.21. The number of nitrogens with zero attached hydrogens (tertiary/aromatic N) is 2. The number of quaternary nitrogens is 1. The summed E-state index contributed by atoms with van der Waals surface area (Å²) < 4.78 is 9.95. The first kappa shape index (κ1) is 13.1. The van der Waals surface area contributed by atoms with Gasteiger partial charge in [0.1, 0.15) is 12.9 Å². The summed E-state index contributed by atoms with van der Waals surface area (Å²) in [5.41, 5.74) is 0.468. The molecule has 1 aromatic carbocycles. The number of hydrogen-bond donors (Lipinski definition) is 2. The van der Waals surface area contributed by atoms with Crippen molar-refractivity contribution in [2.75, 3.05) is 7.11 Å². The molecule has 1 atom stereocenters. The van der Waals surface area contributed by atoms with Crippen LogP contribution in [-0.4, -0.2) is 28.5 Å². The van der Waals surface area contributed by atoms with E-state index in [1.165, 1.54) is 19.2 Å². The number of hydrogen-bond acceptors (Lipinski definition) is 7. The van der Waals surface area contributed by atoms with E-state index >= 15 is 0 Å². The molecular weight excluding hydrogens is 254 g/mol. The Kier molecular flexibility index (Phi) is 3.85. The molecule has 100 valence electrons. The molecule has 1 unspecified atom stereocenters. The molecule has 2 rings (SSSR count). The van der Waals surface area contributed by atoms with E-state index < -0.39 is 5.97 Å². The Labute approximate surface area is 108 Å². The van der Waals surface area contributed by atoms with E-state index in [1.54, 1.807) is 19.1 Å². The molecule has 8 heteroatoms. The van der Waals surface area contributed by atoms with Crippen molar-refractivity contribution < 1.29 is 29.2 Å². The monoisotopic (exact) mass is 266 g/mol. The van der Waals surface area contributed by atoms with Crippen molar-refractivity contribution >= 4 is 11.7 Å². The van der Waals surface area contributed by atoms with Crippen molar-refractivity contribution in [1.82, 2.24) is 10.2 Å². The highest BCUT2D eigenvalue weighted by molar-refractivity contribution is 5.85. The first-order chi connectivity index (χ1) is 9.10. The summed E-state index contributed by atoms with van der Waals surface area (Å²) in [6.07, 6.45) is 0. The second-order valence-electron chi connectivity index (χ2n) is 3.55. The molecule has 0 aliphatic heterocycles. The van der Waals surface area contributed by atoms with Crippen LogP contribution in [0, 0.1) is 6.92 Å². The summed E-state index contributed by atoms with van der Waals surface area (Å²) in [6.45, 7) is 1.57. The third kappa shape index (κ3) is 3.13. The summed E-state index contributed by atoms with van der Waals surface area (Å²) >= 11 is 0. The Bertz CT molecular complexity index is 566.